The van der Waals surface area contributed by atoms with Crippen LogP contribution in [0.25, 0.3) is 10.9 Å². The Hall–Kier alpha value is -2.32. The highest BCUT2D eigenvalue weighted by Crippen LogP contribution is 2.34. The zero-order chi connectivity index (χ0) is 19.0. The van der Waals surface area contributed by atoms with E-state index in [1.165, 1.54) is 28.4 Å². The first-order valence-electron chi connectivity index (χ1n) is 8.61. The summed E-state index contributed by atoms with van der Waals surface area (Å²) in [5.74, 6) is -0.521. The van der Waals surface area contributed by atoms with E-state index in [1.54, 1.807) is 12.1 Å². The first-order valence-corrected chi connectivity index (χ1v) is 9.72. The Morgan fingerprint density at radius 2 is 1.85 bits per heavy atom. The second kappa shape index (κ2) is 7.36. The molecule has 8 heteroatoms. The van der Waals surface area contributed by atoms with Crippen LogP contribution in [-0.4, -0.2) is 34.4 Å². The minimum atomic E-state index is -2.70. The van der Waals surface area contributed by atoms with Gasteiger partial charge in [0.05, 0.1) is 10.4 Å². The SMILES string of the molecule is O=S(c1cccc(F)c1)n1cc(C(F)F)c2cc(N3CCNCC3)ccc21. The van der Waals surface area contributed by atoms with Gasteiger partial charge in [0.1, 0.15) is 5.82 Å². The number of anilines is 1. The maximum absolute atomic E-state index is 13.6. The number of nitrogens with one attached hydrogen (secondary N) is 1. The van der Waals surface area contributed by atoms with E-state index in [0.29, 0.717) is 10.9 Å². The molecule has 2 aromatic carbocycles. The van der Waals surface area contributed by atoms with Crippen molar-refractivity contribution in [1.29, 1.82) is 0 Å². The van der Waals surface area contributed by atoms with Crippen LogP contribution in [0.15, 0.2) is 53.6 Å². The number of benzene rings is 2. The van der Waals surface area contributed by atoms with Gasteiger partial charge in [-0.05, 0) is 36.4 Å². The summed E-state index contributed by atoms with van der Waals surface area (Å²) >= 11 is 0. The van der Waals surface area contributed by atoms with Crippen molar-refractivity contribution in [1.82, 2.24) is 9.29 Å². The van der Waals surface area contributed by atoms with Crippen molar-refractivity contribution in [3.05, 3.63) is 60.0 Å². The van der Waals surface area contributed by atoms with Gasteiger partial charge in [0.2, 0.25) is 0 Å². The highest BCUT2D eigenvalue weighted by atomic mass is 32.2. The molecular weight excluding hydrogens is 375 g/mol. The van der Waals surface area contributed by atoms with Crippen LogP contribution < -0.4 is 10.2 Å². The Bertz CT molecular complexity index is 999. The average molecular weight is 393 g/mol. The molecule has 1 atom stereocenters. The molecule has 142 valence electrons. The van der Waals surface area contributed by atoms with Crippen molar-refractivity contribution in [2.24, 2.45) is 0 Å². The van der Waals surface area contributed by atoms with E-state index in [-0.39, 0.29) is 10.5 Å². The Labute approximate surface area is 157 Å². The number of nitrogens with zero attached hydrogens (tertiary/aromatic N) is 2. The quantitative estimate of drug-likeness (QED) is 0.735. The minimum absolute atomic E-state index is 0.174. The summed E-state index contributed by atoms with van der Waals surface area (Å²) in [5, 5.41) is 3.62. The van der Waals surface area contributed by atoms with Gasteiger partial charge in [-0.1, -0.05) is 6.07 Å². The molecule has 0 saturated carbocycles. The zero-order valence-corrected chi connectivity index (χ0v) is 15.2. The molecule has 3 aromatic rings. The second-order valence-corrected chi connectivity index (χ2v) is 7.72. The fraction of sp³-hybridized carbons (Fsp3) is 0.263. The number of halogens is 3. The number of piperazine rings is 1. The summed E-state index contributed by atoms with van der Waals surface area (Å²) < 4.78 is 54.9. The van der Waals surface area contributed by atoms with Gasteiger partial charge in [-0.25, -0.2) is 17.4 Å². The van der Waals surface area contributed by atoms with Crippen molar-refractivity contribution in [3.8, 4) is 0 Å². The number of alkyl halides is 2. The van der Waals surface area contributed by atoms with Crippen LogP contribution in [0.3, 0.4) is 0 Å². The van der Waals surface area contributed by atoms with E-state index in [0.717, 1.165) is 37.9 Å². The number of aromatic nitrogens is 1. The lowest BCUT2D eigenvalue weighted by molar-refractivity contribution is 0.153. The van der Waals surface area contributed by atoms with Crippen molar-refractivity contribution < 1.29 is 17.4 Å². The normalized spacial score (nSPS) is 16.2. The smallest absolute Gasteiger partial charge is 0.265 e. The molecule has 0 amide bonds. The lowest BCUT2D eigenvalue weighted by Gasteiger charge is -2.29. The first-order chi connectivity index (χ1) is 13.0. The molecule has 1 aliphatic heterocycles. The molecular formula is C19H18F3N3OS. The molecule has 1 aromatic heterocycles. The minimum Gasteiger partial charge on any atom is -0.369 e. The summed E-state index contributed by atoms with van der Waals surface area (Å²) in [6.07, 6.45) is -1.49. The van der Waals surface area contributed by atoms with E-state index < -0.39 is 23.2 Å². The topological polar surface area (TPSA) is 37.3 Å². The lowest BCUT2D eigenvalue weighted by atomic mass is 10.1. The predicted octanol–water partition coefficient (Wildman–Crippen LogP) is 3.70. The van der Waals surface area contributed by atoms with E-state index in [9.17, 15) is 17.4 Å². The third kappa shape index (κ3) is 3.46. The number of hydrogen-bond acceptors (Lipinski definition) is 3. The molecule has 1 N–H and O–H groups in total. The van der Waals surface area contributed by atoms with Gasteiger partial charge in [0.25, 0.3) is 6.43 Å². The molecule has 1 unspecified atom stereocenters. The van der Waals surface area contributed by atoms with Gasteiger partial charge < -0.3 is 10.2 Å². The molecule has 0 bridgehead atoms. The predicted molar refractivity (Wildman–Crippen MR) is 100 cm³/mol. The van der Waals surface area contributed by atoms with Gasteiger partial charge in [0.15, 0.2) is 11.0 Å². The van der Waals surface area contributed by atoms with Crippen LogP contribution in [0.1, 0.15) is 12.0 Å². The van der Waals surface area contributed by atoms with Gasteiger partial charge in [-0.3, -0.25) is 3.97 Å². The molecule has 4 rings (SSSR count). The Balaban J connectivity index is 1.81. The van der Waals surface area contributed by atoms with Gasteiger partial charge >= 0.3 is 0 Å². The highest BCUT2D eigenvalue weighted by Gasteiger charge is 2.21. The molecule has 0 aliphatic carbocycles. The summed E-state index contributed by atoms with van der Waals surface area (Å²) in [4.78, 5) is 2.35. The average Bonchev–Trinajstić information content (AvgIpc) is 3.07. The fourth-order valence-electron chi connectivity index (χ4n) is 3.33. The standard InChI is InChI=1S/C19H18F3N3OS/c20-13-2-1-3-15(10-13)27(26)25-12-17(19(21)22)16-11-14(4-5-18(16)25)24-8-6-23-7-9-24/h1-5,10-12,19,23H,6-9H2. The zero-order valence-electron chi connectivity index (χ0n) is 14.4. The molecule has 0 spiro atoms. The van der Waals surface area contributed by atoms with Crippen LogP contribution in [-0.2, 0) is 11.0 Å². The van der Waals surface area contributed by atoms with Crippen LogP contribution in [0.2, 0.25) is 0 Å². The van der Waals surface area contributed by atoms with Gasteiger partial charge in [-0.15, -0.1) is 0 Å². The summed E-state index contributed by atoms with van der Waals surface area (Å²) in [6.45, 7) is 3.27. The molecule has 27 heavy (non-hydrogen) atoms. The van der Waals surface area contributed by atoms with Crippen LogP contribution in [0.5, 0.6) is 0 Å². The summed E-state index contributed by atoms with van der Waals surface area (Å²) in [6, 6.07) is 10.6. The molecule has 1 fully saturated rings. The van der Waals surface area contributed by atoms with Crippen LogP contribution >= 0.6 is 0 Å². The van der Waals surface area contributed by atoms with E-state index in [2.05, 4.69) is 10.2 Å². The second-order valence-electron chi connectivity index (χ2n) is 6.36. The third-order valence-electron chi connectivity index (χ3n) is 4.68. The largest absolute Gasteiger partial charge is 0.369 e. The van der Waals surface area contributed by atoms with E-state index >= 15 is 0 Å². The monoisotopic (exact) mass is 393 g/mol. The van der Waals surface area contributed by atoms with Crippen molar-refractivity contribution in [2.45, 2.75) is 11.3 Å². The molecule has 1 aliphatic rings. The van der Waals surface area contributed by atoms with Crippen molar-refractivity contribution >= 4 is 27.6 Å². The third-order valence-corrected chi connectivity index (χ3v) is 6.00. The molecule has 2 heterocycles. The van der Waals surface area contributed by atoms with E-state index in [1.807, 2.05) is 6.07 Å². The molecule has 1 saturated heterocycles. The van der Waals surface area contributed by atoms with Crippen LogP contribution in [0.4, 0.5) is 18.9 Å². The summed E-state index contributed by atoms with van der Waals surface area (Å²) in [7, 11) is -1.82. The van der Waals surface area contributed by atoms with Crippen LogP contribution in [0, 0.1) is 5.82 Å². The molecule has 0 radical (unpaired) electrons. The number of fused-ring (bicyclic) bond motifs is 1. The summed E-state index contributed by atoms with van der Waals surface area (Å²) in [5.41, 5.74) is 1.12. The lowest BCUT2D eigenvalue weighted by Crippen LogP contribution is -2.43. The van der Waals surface area contributed by atoms with Gasteiger partial charge in [0, 0.05) is 49.0 Å². The van der Waals surface area contributed by atoms with Crippen molar-refractivity contribution in [3.63, 3.8) is 0 Å². The maximum atomic E-state index is 13.6. The maximum Gasteiger partial charge on any atom is 0.265 e. The van der Waals surface area contributed by atoms with Gasteiger partial charge in [-0.2, -0.15) is 0 Å². The van der Waals surface area contributed by atoms with Crippen molar-refractivity contribution in [2.75, 3.05) is 31.1 Å². The Morgan fingerprint density at radius 3 is 2.56 bits per heavy atom. The Kier molecular flexibility index (Phi) is 4.92. The Morgan fingerprint density at radius 1 is 1.07 bits per heavy atom. The first kappa shape index (κ1) is 18.1. The molecule has 4 nitrogen and oxygen atoms in total. The fourth-order valence-corrected chi connectivity index (χ4v) is 4.52. The number of rotatable bonds is 4. The number of hydrogen-bond donors (Lipinski definition) is 1. The highest BCUT2D eigenvalue weighted by molar-refractivity contribution is 7.83. The van der Waals surface area contributed by atoms with E-state index in [4.69, 9.17) is 0 Å².